The average Bonchev–Trinajstić information content (AvgIpc) is 1.64. The second-order valence-corrected chi connectivity index (χ2v) is 53.5. The fourth-order valence-electron chi connectivity index (χ4n) is 15.0. The first-order valence-corrected chi connectivity index (χ1v) is 52.4. The summed E-state index contributed by atoms with van der Waals surface area (Å²) >= 11 is 0. The third-order valence-electron chi connectivity index (χ3n) is 22.3. The maximum absolute atomic E-state index is 13.0. The Hall–Kier alpha value is -3.74. The van der Waals surface area contributed by atoms with Crippen molar-refractivity contribution < 1.29 is 95.9 Å². The number of ether oxygens (including phenoxy) is 10. The number of rotatable bonds is 33. The van der Waals surface area contributed by atoms with Crippen LogP contribution in [-0.4, -0.2) is 259 Å². The number of carbonyl (C=O) groups is 6. The Balaban J connectivity index is -0.000000720. The standard InChI is InChI=1S/3C21H41NO4Si.C15H27NO4.C11H19NO4.C4H7.BrH.Mg.H/c3*1-10-14-15-18(26-27(11-2,12-3)13-4)17-16-24-21(8,9)22(17)19(23)25-20(5,6)7;1-7-8-9-12(17)11-10-19-15(5,6)16(11)13(18)20-14(2,3)4;1-10(2,3)16-9(14)12-8(6-13)7-15-11(12,4)5;1-3-4-2;;;/h3*10,17-18H,1,11-16H2,2-9H3;7,11-12,17H,1,8-10H2,2-6H3;6,8H,7H2,1-5H3;3H,1-2,4H2;1H;;/q;;;;;-1;;+2;-1/t2*17?,18-;;;8-;;;;/m10..1..../s1. The zero-order valence-corrected chi connectivity index (χ0v) is 89.8. The molecule has 123 heavy (non-hydrogen) atoms. The number of aliphatic hydroxyl groups is 1. The Kier molecular flexibility index (Phi) is 54.3. The van der Waals surface area contributed by atoms with E-state index in [9.17, 15) is 33.9 Å². The maximum Gasteiger partial charge on any atom is 2.00 e. The van der Waals surface area contributed by atoms with Crippen molar-refractivity contribution in [1.29, 1.82) is 0 Å². The van der Waals surface area contributed by atoms with Gasteiger partial charge in [-0.3, -0.25) is 24.5 Å². The zero-order valence-electron chi connectivity index (χ0n) is 84.7. The molecule has 0 spiro atoms. The molecule has 1 N–H and O–H groups in total. The Labute approximate surface area is 779 Å². The first kappa shape index (κ1) is 123. The molecule has 716 valence electrons. The Morgan fingerprint density at radius 3 is 0.764 bits per heavy atom. The van der Waals surface area contributed by atoms with Crippen molar-refractivity contribution in [2.24, 2.45) is 0 Å². The summed E-state index contributed by atoms with van der Waals surface area (Å²) in [5, 5.41) is 10.3. The van der Waals surface area contributed by atoms with E-state index in [0.717, 1.165) is 99.3 Å². The second kappa shape index (κ2) is 54.2. The SMILES string of the molecule is Br.C=CCCC(O)C1COC(C)(C)N1C(=O)OC(C)(C)C.C=CCCC(O[Si](CC)(CC)CC)C1COC(C)(C)N1C(=O)OC(C)(C)C.C=CCC[C@@H](O[Si](CC)(CC)CC)C1COC(C)(C)N1C(=O)OC(C)(C)C.C=CCC[C@H](O[Si](CC)(CC)CC)C1COC(C)(C)N1C(=O)OC(C)(C)C.C=CC[CH2-].CC(C)(C)OC(=O)N1[C@H](C=O)COC1(C)C.[H-].[Mg+2]. The molecule has 0 saturated carbocycles. The van der Waals surface area contributed by atoms with Crippen molar-refractivity contribution in [2.45, 2.75) is 459 Å². The van der Waals surface area contributed by atoms with Crippen molar-refractivity contribution in [3.63, 3.8) is 0 Å². The van der Waals surface area contributed by atoms with Crippen LogP contribution >= 0.6 is 17.0 Å². The number of allylic oxidation sites excluding steroid dienone is 5. The molecule has 0 aromatic heterocycles. The van der Waals surface area contributed by atoms with Gasteiger partial charge in [0.1, 0.15) is 69.0 Å². The third kappa shape index (κ3) is 40.7. The summed E-state index contributed by atoms with van der Waals surface area (Å²) in [4.78, 5) is 82.2. The third-order valence-corrected chi connectivity index (χ3v) is 36.3. The van der Waals surface area contributed by atoms with Gasteiger partial charge < -0.3 is 78.9 Å². The average molecular weight is 1870 g/mol. The fourth-order valence-corrected chi connectivity index (χ4v) is 23.7. The topological polar surface area (TPSA) is 259 Å². The van der Waals surface area contributed by atoms with Gasteiger partial charge in [0.15, 0.2) is 25.0 Å². The number of nitrogens with zero attached hydrogens (tertiary/aromatic N) is 5. The van der Waals surface area contributed by atoms with Gasteiger partial charge in [-0.15, -0.1) is 56.0 Å². The van der Waals surface area contributed by atoms with Gasteiger partial charge in [-0.05, 0) is 279 Å². The molecule has 5 saturated heterocycles. The van der Waals surface area contributed by atoms with E-state index in [1.807, 2.05) is 143 Å². The number of halogens is 1. The van der Waals surface area contributed by atoms with E-state index in [-0.39, 0.29) is 109 Å². The normalized spacial score (nSPS) is 21.1. The molecule has 25 nitrogen and oxygen atoms in total. The molecular weight excluding hydrogens is 1700 g/mol. The number of carbonyl (C=O) groups excluding carboxylic acids is 6. The van der Waals surface area contributed by atoms with Gasteiger partial charge in [-0.1, -0.05) is 86.6 Å². The summed E-state index contributed by atoms with van der Waals surface area (Å²) in [6, 6.07) is 8.30. The first-order chi connectivity index (χ1) is 55.5. The van der Waals surface area contributed by atoms with Crippen molar-refractivity contribution in [3.05, 3.63) is 70.2 Å². The number of aldehydes is 1. The Morgan fingerprint density at radius 1 is 0.382 bits per heavy atom. The van der Waals surface area contributed by atoms with Gasteiger partial charge in [0.05, 0.1) is 81.6 Å². The molecule has 0 aromatic rings. The minimum Gasteiger partial charge on any atom is -1.00 e. The van der Waals surface area contributed by atoms with E-state index >= 15 is 0 Å². The molecule has 5 rings (SSSR count). The quantitative estimate of drug-likeness (QED) is 0.0210. The van der Waals surface area contributed by atoms with Crippen LogP contribution in [0.2, 0.25) is 54.4 Å². The van der Waals surface area contributed by atoms with E-state index in [0.29, 0.717) is 45.6 Å². The van der Waals surface area contributed by atoms with E-state index < -0.39 is 106 Å². The van der Waals surface area contributed by atoms with Crippen LogP contribution in [0.25, 0.3) is 0 Å². The fraction of sp³-hybridized carbons (Fsp3) is 0.817. The van der Waals surface area contributed by atoms with E-state index in [4.69, 9.17) is 60.6 Å². The molecule has 5 amide bonds. The molecular formula is C93H178BrMgN5O20Si3. The molecule has 0 aromatic carbocycles. The van der Waals surface area contributed by atoms with Gasteiger partial charge in [0.25, 0.3) is 0 Å². The monoisotopic (exact) mass is 1870 g/mol. The van der Waals surface area contributed by atoms with Gasteiger partial charge in [-0.25, -0.2) is 24.0 Å². The largest absolute Gasteiger partial charge is 2.00 e. The van der Waals surface area contributed by atoms with Crippen LogP contribution in [-0.2, 0) is 65.4 Å². The van der Waals surface area contributed by atoms with Crippen molar-refractivity contribution in [3.8, 4) is 0 Å². The van der Waals surface area contributed by atoms with Gasteiger partial charge in [-0.2, -0.15) is 6.42 Å². The Bertz CT molecular complexity index is 2930. The van der Waals surface area contributed by atoms with Gasteiger partial charge >= 0.3 is 53.5 Å². The number of hydrogen-bond acceptors (Lipinski definition) is 20. The summed E-state index contributed by atoms with van der Waals surface area (Å²) in [5.74, 6) is 0. The molecule has 0 radical (unpaired) electrons. The number of aliphatic hydroxyl groups excluding tert-OH is 1. The van der Waals surface area contributed by atoms with Crippen LogP contribution in [0.5, 0.6) is 0 Å². The molecule has 5 aliphatic heterocycles. The van der Waals surface area contributed by atoms with Crippen LogP contribution in [0, 0.1) is 6.92 Å². The first-order valence-electron chi connectivity index (χ1n) is 44.8. The number of amides is 5. The molecule has 9 atom stereocenters. The smallest absolute Gasteiger partial charge is 1.00 e. The molecule has 5 heterocycles. The van der Waals surface area contributed by atoms with Crippen LogP contribution in [0.15, 0.2) is 63.3 Å². The summed E-state index contributed by atoms with van der Waals surface area (Å²) in [5.41, 5.74) is -6.51. The summed E-state index contributed by atoms with van der Waals surface area (Å²) < 4.78 is 77.3. The zero-order chi connectivity index (χ0) is 94.2. The van der Waals surface area contributed by atoms with E-state index in [1.54, 1.807) is 75.3 Å². The Morgan fingerprint density at radius 2 is 0.569 bits per heavy atom. The summed E-state index contributed by atoms with van der Waals surface area (Å²) in [6.07, 6.45) is 14.3. The minimum atomic E-state index is -1.82. The molecule has 5 fully saturated rings. The van der Waals surface area contributed by atoms with E-state index in [1.165, 1.54) is 9.80 Å². The van der Waals surface area contributed by atoms with Gasteiger partial charge in [0, 0.05) is 0 Å². The van der Waals surface area contributed by atoms with E-state index in [2.05, 4.69) is 102 Å². The van der Waals surface area contributed by atoms with Crippen LogP contribution in [0.1, 0.15) is 295 Å². The molecule has 0 aliphatic carbocycles. The molecule has 30 heteroatoms. The molecule has 0 bridgehead atoms. The van der Waals surface area contributed by atoms with Crippen LogP contribution in [0.4, 0.5) is 24.0 Å². The molecule has 6 unspecified atom stereocenters. The van der Waals surface area contributed by atoms with Crippen molar-refractivity contribution in [2.75, 3.05) is 33.0 Å². The van der Waals surface area contributed by atoms with Crippen molar-refractivity contribution >= 4 is 102 Å². The summed E-state index contributed by atoms with van der Waals surface area (Å²) in [7, 11) is -5.47. The van der Waals surface area contributed by atoms with Crippen LogP contribution < -0.4 is 0 Å². The minimum absolute atomic E-state index is 0. The second-order valence-electron chi connectivity index (χ2n) is 39.3. The molecule has 5 aliphatic rings. The predicted octanol–water partition coefficient (Wildman–Crippen LogP) is 23.1. The van der Waals surface area contributed by atoms with Crippen molar-refractivity contribution in [1.82, 2.24) is 24.5 Å². The predicted molar refractivity (Wildman–Crippen MR) is 513 cm³/mol. The number of hydrogen-bond donors (Lipinski definition) is 1. The van der Waals surface area contributed by atoms with Crippen LogP contribution in [0.3, 0.4) is 0 Å². The maximum atomic E-state index is 13.0. The van der Waals surface area contributed by atoms with Gasteiger partial charge in [0.2, 0.25) is 0 Å². The summed E-state index contributed by atoms with van der Waals surface area (Å²) in [6.45, 7) is 90.5.